The third kappa shape index (κ3) is 5.30. The number of aromatic nitrogens is 4. The number of carbonyl (C=O) groups is 2. The first kappa shape index (κ1) is 19.4. The Morgan fingerprint density at radius 1 is 1.11 bits per heavy atom. The molecule has 144 valence electrons. The molecule has 9 nitrogen and oxygen atoms in total. The van der Waals surface area contributed by atoms with Crippen molar-refractivity contribution < 1.29 is 14.3 Å². The van der Waals surface area contributed by atoms with Crippen LogP contribution < -0.4 is 15.4 Å². The van der Waals surface area contributed by atoms with Crippen LogP contribution in [0.5, 0.6) is 5.75 Å². The van der Waals surface area contributed by atoms with Gasteiger partial charge in [-0.25, -0.2) is 4.79 Å². The summed E-state index contributed by atoms with van der Waals surface area (Å²) in [6, 6.07) is 16.0. The molecule has 0 aliphatic carbocycles. The van der Waals surface area contributed by atoms with Gasteiger partial charge in [0, 0.05) is 6.54 Å². The third-order valence-electron chi connectivity index (χ3n) is 3.64. The van der Waals surface area contributed by atoms with Crippen molar-refractivity contribution in [3.63, 3.8) is 0 Å². The van der Waals surface area contributed by atoms with E-state index in [9.17, 15) is 9.59 Å². The molecule has 0 aliphatic rings. The van der Waals surface area contributed by atoms with Crippen molar-refractivity contribution in [1.82, 2.24) is 30.8 Å². The normalized spacial score (nSPS) is 10.3. The van der Waals surface area contributed by atoms with E-state index in [-0.39, 0.29) is 5.75 Å². The average molecular weight is 398 g/mol. The van der Waals surface area contributed by atoms with Crippen molar-refractivity contribution in [3.05, 3.63) is 60.2 Å². The number of urea groups is 1. The predicted octanol–water partition coefficient (Wildman–Crippen LogP) is 1.79. The van der Waals surface area contributed by atoms with E-state index in [4.69, 9.17) is 4.74 Å². The monoisotopic (exact) mass is 398 g/mol. The highest BCUT2D eigenvalue weighted by atomic mass is 32.2. The molecule has 10 heteroatoms. The molecule has 0 saturated carbocycles. The summed E-state index contributed by atoms with van der Waals surface area (Å²) in [7, 11) is 1.59. The lowest BCUT2D eigenvalue weighted by molar-refractivity contribution is -0.117. The number of methoxy groups -OCH3 is 1. The first-order chi connectivity index (χ1) is 13.7. The van der Waals surface area contributed by atoms with E-state index in [1.165, 1.54) is 4.68 Å². The number of hydrogen-bond donors (Lipinski definition) is 2. The number of tetrazole rings is 1. The number of hydrogen-bond acceptors (Lipinski definition) is 7. The zero-order chi connectivity index (χ0) is 19.8. The second-order valence-corrected chi connectivity index (χ2v) is 6.52. The fourth-order valence-corrected chi connectivity index (χ4v) is 2.96. The minimum Gasteiger partial charge on any atom is -0.497 e. The summed E-state index contributed by atoms with van der Waals surface area (Å²) in [5.41, 5.74) is 1.67. The Bertz CT molecular complexity index is 930. The summed E-state index contributed by atoms with van der Waals surface area (Å²) in [6.07, 6.45) is 0. The summed E-state index contributed by atoms with van der Waals surface area (Å²) in [5.74, 6) is 0.265. The van der Waals surface area contributed by atoms with Crippen molar-refractivity contribution >= 4 is 23.7 Å². The lowest BCUT2D eigenvalue weighted by Gasteiger charge is -2.07. The molecular formula is C18H18N6O3S. The number of rotatable bonds is 7. The predicted molar refractivity (Wildman–Crippen MR) is 103 cm³/mol. The fraction of sp³-hybridized carbons (Fsp3) is 0.167. The molecular weight excluding hydrogens is 380 g/mol. The maximum Gasteiger partial charge on any atom is 0.321 e. The molecule has 0 aliphatic heterocycles. The van der Waals surface area contributed by atoms with Crippen molar-refractivity contribution in [2.45, 2.75) is 11.7 Å². The van der Waals surface area contributed by atoms with Crippen LogP contribution in [-0.2, 0) is 11.3 Å². The van der Waals surface area contributed by atoms with Crippen molar-refractivity contribution in [2.24, 2.45) is 0 Å². The number of benzene rings is 2. The molecule has 28 heavy (non-hydrogen) atoms. The highest BCUT2D eigenvalue weighted by Gasteiger charge is 2.13. The van der Waals surface area contributed by atoms with E-state index in [1.807, 2.05) is 30.3 Å². The molecule has 1 heterocycles. The zero-order valence-corrected chi connectivity index (χ0v) is 15.8. The van der Waals surface area contributed by atoms with Gasteiger partial charge in [-0.2, -0.15) is 4.68 Å². The van der Waals surface area contributed by atoms with Crippen LogP contribution in [0.3, 0.4) is 0 Å². The van der Waals surface area contributed by atoms with Crippen molar-refractivity contribution in [3.8, 4) is 11.4 Å². The van der Waals surface area contributed by atoms with Gasteiger partial charge in [-0.05, 0) is 40.3 Å². The summed E-state index contributed by atoms with van der Waals surface area (Å²) in [5, 5.41) is 16.8. The number of imide groups is 1. The topological polar surface area (TPSA) is 111 Å². The van der Waals surface area contributed by atoms with Crippen LogP contribution in [0, 0.1) is 0 Å². The summed E-state index contributed by atoms with van der Waals surface area (Å²) in [6.45, 7) is 0.336. The van der Waals surface area contributed by atoms with Crippen LogP contribution >= 0.6 is 11.8 Å². The number of amides is 3. The molecule has 0 fully saturated rings. The van der Waals surface area contributed by atoms with Gasteiger partial charge in [0.15, 0.2) is 0 Å². The molecule has 0 bridgehead atoms. The molecule has 2 aromatic carbocycles. The molecule has 3 aromatic rings. The summed E-state index contributed by atoms with van der Waals surface area (Å²) < 4.78 is 6.63. The number of thioether (sulfide) groups is 1. The third-order valence-corrected chi connectivity index (χ3v) is 4.56. The number of ether oxygens (including phenoxy) is 1. The van der Waals surface area contributed by atoms with E-state index in [0.29, 0.717) is 17.5 Å². The Balaban J connectivity index is 1.49. The quantitative estimate of drug-likeness (QED) is 0.584. The summed E-state index contributed by atoms with van der Waals surface area (Å²) >= 11 is 1.13. The highest BCUT2D eigenvalue weighted by Crippen LogP contribution is 2.20. The number of nitrogens with zero attached hydrogens (tertiary/aromatic N) is 4. The average Bonchev–Trinajstić information content (AvgIpc) is 3.20. The van der Waals surface area contributed by atoms with Crippen LogP contribution in [0.2, 0.25) is 0 Å². The van der Waals surface area contributed by atoms with Gasteiger partial charge < -0.3 is 10.1 Å². The first-order valence-electron chi connectivity index (χ1n) is 8.33. The molecule has 2 N–H and O–H groups in total. The maximum atomic E-state index is 12.0. The Hall–Kier alpha value is -3.40. The van der Waals surface area contributed by atoms with Crippen LogP contribution in [0.1, 0.15) is 5.56 Å². The van der Waals surface area contributed by atoms with E-state index in [1.54, 1.807) is 31.4 Å². The van der Waals surface area contributed by atoms with E-state index >= 15 is 0 Å². The van der Waals surface area contributed by atoms with Crippen LogP contribution in [0.4, 0.5) is 4.79 Å². The highest BCUT2D eigenvalue weighted by molar-refractivity contribution is 7.99. The van der Waals surface area contributed by atoms with Crippen LogP contribution in [0.25, 0.3) is 5.69 Å². The van der Waals surface area contributed by atoms with Gasteiger partial charge in [0.25, 0.3) is 0 Å². The van der Waals surface area contributed by atoms with Gasteiger partial charge in [0.1, 0.15) is 5.75 Å². The van der Waals surface area contributed by atoms with E-state index in [2.05, 4.69) is 26.2 Å². The van der Waals surface area contributed by atoms with E-state index < -0.39 is 11.9 Å². The molecule has 0 radical (unpaired) electrons. The maximum absolute atomic E-state index is 12.0. The largest absolute Gasteiger partial charge is 0.497 e. The number of carbonyl (C=O) groups excluding carboxylic acids is 2. The Kier molecular flexibility index (Phi) is 6.58. The second kappa shape index (κ2) is 9.51. The molecule has 0 spiro atoms. The van der Waals surface area contributed by atoms with Crippen LogP contribution in [-0.4, -0.2) is 45.0 Å². The van der Waals surface area contributed by atoms with Gasteiger partial charge in [0.05, 0.1) is 18.6 Å². The molecule has 3 amide bonds. The SMILES string of the molecule is COc1ccc(-n2nnnc2SCC(=O)NC(=O)NCc2ccccc2)cc1. The minimum atomic E-state index is -0.552. The molecule has 0 atom stereocenters. The van der Waals surface area contributed by atoms with Gasteiger partial charge >= 0.3 is 6.03 Å². The van der Waals surface area contributed by atoms with Gasteiger partial charge in [-0.3, -0.25) is 10.1 Å². The van der Waals surface area contributed by atoms with Crippen molar-refractivity contribution in [1.29, 1.82) is 0 Å². The smallest absolute Gasteiger partial charge is 0.321 e. The molecule has 0 saturated heterocycles. The lowest BCUT2D eigenvalue weighted by atomic mass is 10.2. The molecule has 3 rings (SSSR count). The fourth-order valence-electron chi connectivity index (χ4n) is 2.27. The molecule has 1 aromatic heterocycles. The van der Waals surface area contributed by atoms with Crippen molar-refractivity contribution in [2.75, 3.05) is 12.9 Å². The van der Waals surface area contributed by atoms with Gasteiger partial charge in [0.2, 0.25) is 11.1 Å². The molecule has 0 unspecified atom stereocenters. The zero-order valence-electron chi connectivity index (χ0n) is 15.0. The lowest BCUT2D eigenvalue weighted by Crippen LogP contribution is -2.40. The minimum absolute atomic E-state index is 0.00468. The van der Waals surface area contributed by atoms with Gasteiger partial charge in [-0.1, -0.05) is 42.1 Å². The van der Waals surface area contributed by atoms with E-state index in [0.717, 1.165) is 23.0 Å². The standard InChI is InChI=1S/C18H18N6O3S/c1-27-15-9-7-14(8-10-15)24-18(21-22-23-24)28-12-16(25)20-17(26)19-11-13-5-3-2-4-6-13/h2-10H,11-12H2,1H3,(H2,19,20,25,26). The Morgan fingerprint density at radius 2 is 1.86 bits per heavy atom. The van der Waals surface area contributed by atoms with Crippen LogP contribution in [0.15, 0.2) is 59.8 Å². The summed E-state index contributed by atoms with van der Waals surface area (Å²) in [4.78, 5) is 23.8. The number of nitrogens with one attached hydrogen (secondary N) is 2. The Morgan fingerprint density at radius 3 is 2.57 bits per heavy atom. The Labute approximate surface area is 165 Å². The second-order valence-electron chi connectivity index (χ2n) is 5.58. The first-order valence-corrected chi connectivity index (χ1v) is 9.31. The van der Waals surface area contributed by atoms with Gasteiger partial charge in [-0.15, -0.1) is 5.10 Å².